The highest BCUT2D eigenvalue weighted by atomic mass is 79.9. The molecule has 1 aliphatic rings. The number of rotatable bonds is 3. The smallest absolute Gasteiger partial charge is 0.247 e. The molecule has 27 heavy (non-hydrogen) atoms. The number of methoxy groups -OCH3 is 1. The van der Waals surface area contributed by atoms with E-state index in [4.69, 9.17) is 9.47 Å². The van der Waals surface area contributed by atoms with Gasteiger partial charge in [0.1, 0.15) is 5.75 Å². The first kappa shape index (κ1) is 18.5. The molecule has 2 heterocycles. The highest BCUT2D eigenvalue weighted by Gasteiger charge is 2.28. The number of hydrogen-bond donors (Lipinski definition) is 1. The maximum atomic E-state index is 6.26. The minimum Gasteiger partial charge on any atom is -0.495 e. The average Bonchev–Trinajstić information content (AvgIpc) is 2.83. The van der Waals surface area contributed by atoms with Crippen LogP contribution in [0.4, 0.5) is 5.69 Å². The normalized spacial score (nSPS) is 15.0. The largest absolute Gasteiger partial charge is 0.495 e. The van der Waals surface area contributed by atoms with Gasteiger partial charge in [0.2, 0.25) is 17.3 Å². The Kier molecular flexibility index (Phi) is 5.25. The molecule has 0 radical (unpaired) electrons. The highest BCUT2D eigenvalue weighted by molar-refractivity contribution is 9.11. The van der Waals surface area contributed by atoms with E-state index < -0.39 is 6.23 Å². The van der Waals surface area contributed by atoms with Crippen molar-refractivity contribution in [2.45, 2.75) is 11.4 Å². The molecule has 0 aliphatic carbocycles. The molecule has 6 nitrogen and oxygen atoms in total. The Morgan fingerprint density at radius 3 is 2.78 bits per heavy atom. The molecule has 9 heteroatoms. The first-order valence-corrected chi connectivity index (χ1v) is 10.8. The lowest BCUT2D eigenvalue weighted by Crippen LogP contribution is -2.18. The number of hydrogen-bond acceptors (Lipinski definition) is 7. The van der Waals surface area contributed by atoms with Gasteiger partial charge in [-0.1, -0.05) is 45.9 Å². The van der Waals surface area contributed by atoms with Gasteiger partial charge in [-0.05, 0) is 40.4 Å². The van der Waals surface area contributed by atoms with Crippen molar-refractivity contribution in [3.05, 3.63) is 50.9 Å². The lowest BCUT2D eigenvalue weighted by atomic mass is 10.1. The number of para-hydroxylation sites is 1. The van der Waals surface area contributed by atoms with Crippen molar-refractivity contribution >= 4 is 49.3 Å². The van der Waals surface area contributed by atoms with Crippen LogP contribution in [-0.4, -0.2) is 28.5 Å². The van der Waals surface area contributed by atoms with Crippen LogP contribution in [0.1, 0.15) is 11.8 Å². The Morgan fingerprint density at radius 2 is 2.00 bits per heavy atom. The molecule has 2 aromatic carbocycles. The summed E-state index contributed by atoms with van der Waals surface area (Å²) in [6, 6.07) is 11.7. The van der Waals surface area contributed by atoms with Gasteiger partial charge in [-0.15, -0.1) is 10.2 Å². The van der Waals surface area contributed by atoms with E-state index in [0.717, 1.165) is 25.8 Å². The molecule has 4 rings (SSSR count). The number of aromatic nitrogens is 3. The lowest BCUT2D eigenvalue weighted by Gasteiger charge is -2.22. The van der Waals surface area contributed by atoms with Crippen molar-refractivity contribution in [2.75, 3.05) is 18.7 Å². The first-order chi connectivity index (χ1) is 13.1. The zero-order valence-corrected chi connectivity index (χ0v) is 18.4. The van der Waals surface area contributed by atoms with Crippen molar-refractivity contribution in [1.82, 2.24) is 15.2 Å². The summed E-state index contributed by atoms with van der Waals surface area (Å²) in [5, 5.41) is 12.5. The van der Waals surface area contributed by atoms with Crippen LogP contribution in [0.5, 0.6) is 11.6 Å². The van der Waals surface area contributed by atoms with Crippen LogP contribution in [0.2, 0.25) is 0 Å². The lowest BCUT2D eigenvalue weighted by molar-refractivity contribution is 0.219. The minimum atomic E-state index is -0.525. The van der Waals surface area contributed by atoms with Crippen LogP contribution in [0.3, 0.4) is 0 Å². The molecule has 0 amide bonds. The molecule has 3 aromatic rings. The summed E-state index contributed by atoms with van der Waals surface area (Å²) < 4.78 is 13.6. The van der Waals surface area contributed by atoms with Crippen LogP contribution in [0.25, 0.3) is 11.3 Å². The maximum Gasteiger partial charge on any atom is 0.247 e. The number of nitrogens with one attached hydrogen (secondary N) is 1. The zero-order valence-electron chi connectivity index (χ0n) is 14.4. The van der Waals surface area contributed by atoms with Gasteiger partial charge in [0.25, 0.3) is 0 Å². The first-order valence-electron chi connectivity index (χ1n) is 7.95. The molecule has 0 saturated carbocycles. The highest BCUT2D eigenvalue weighted by Crippen LogP contribution is 2.43. The van der Waals surface area contributed by atoms with Crippen LogP contribution in [-0.2, 0) is 0 Å². The van der Waals surface area contributed by atoms with Crippen molar-refractivity contribution in [1.29, 1.82) is 0 Å². The molecule has 1 N–H and O–H groups in total. The van der Waals surface area contributed by atoms with Gasteiger partial charge in [-0.25, -0.2) is 0 Å². The predicted molar refractivity (Wildman–Crippen MR) is 112 cm³/mol. The Hall–Kier alpha value is -1.84. The summed E-state index contributed by atoms with van der Waals surface area (Å²) in [6.07, 6.45) is 1.38. The Morgan fingerprint density at radius 1 is 1.19 bits per heavy atom. The van der Waals surface area contributed by atoms with Crippen molar-refractivity contribution < 1.29 is 9.47 Å². The molecule has 0 saturated heterocycles. The van der Waals surface area contributed by atoms with Crippen LogP contribution < -0.4 is 14.8 Å². The van der Waals surface area contributed by atoms with E-state index in [1.54, 1.807) is 7.11 Å². The van der Waals surface area contributed by atoms with E-state index in [1.807, 2.05) is 42.7 Å². The van der Waals surface area contributed by atoms with E-state index in [2.05, 4.69) is 52.4 Å². The standard InChI is InChI=1S/C18H14Br2N4O2S/c1-25-15-11(7-9(19)8-12(15)20)16-21-13-6-4-3-5-10(13)14-17(26-16)22-18(27-2)24-23-14/h3-8,16,21H,1-2H3/t16-/m0/s1. The summed E-state index contributed by atoms with van der Waals surface area (Å²) in [6.45, 7) is 0. The molecule has 1 aromatic heterocycles. The van der Waals surface area contributed by atoms with Crippen molar-refractivity contribution in [2.24, 2.45) is 0 Å². The molecule has 1 atom stereocenters. The predicted octanol–water partition coefficient (Wildman–Crippen LogP) is 5.30. The van der Waals surface area contributed by atoms with Crippen molar-refractivity contribution in [3.63, 3.8) is 0 Å². The third-order valence-corrected chi connectivity index (χ3v) is 5.62. The SMILES string of the molecule is COc1c(Br)cc(Br)cc1[C@H]1Nc2ccccc2-c2nnc(SC)nc2O1. The third-order valence-electron chi connectivity index (χ3n) is 4.04. The van der Waals surface area contributed by atoms with Gasteiger partial charge in [0.05, 0.1) is 17.1 Å². The fourth-order valence-corrected chi connectivity index (χ4v) is 4.58. The fraction of sp³-hybridized carbons (Fsp3) is 0.167. The topological polar surface area (TPSA) is 69.2 Å². The van der Waals surface area contributed by atoms with E-state index in [-0.39, 0.29) is 0 Å². The monoisotopic (exact) mass is 508 g/mol. The second kappa shape index (κ2) is 7.65. The second-order valence-electron chi connectivity index (χ2n) is 5.65. The van der Waals surface area contributed by atoms with Crippen LogP contribution in [0.15, 0.2) is 50.5 Å². The van der Waals surface area contributed by atoms with E-state index in [1.165, 1.54) is 11.8 Å². The summed E-state index contributed by atoms with van der Waals surface area (Å²) in [7, 11) is 1.63. The molecule has 1 aliphatic heterocycles. The number of fused-ring (bicyclic) bond motifs is 3. The molecule has 138 valence electrons. The second-order valence-corrected chi connectivity index (χ2v) is 8.19. The Labute approximate surface area is 177 Å². The molecular weight excluding hydrogens is 496 g/mol. The van der Waals surface area contributed by atoms with E-state index in [0.29, 0.717) is 22.5 Å². The summed E-state index contributed by atoms with van der Waals surface area (Å²) in [5.41, 5.74) is 3.19. The number of ether oxygens (including phenoxy) is 2. The van der Waals surface area contributed by atoms with Gasteiger partial charge in [-0.2, -0.15) is 4.98 Å². The van der Waals surface area contributed by atoms with E-state index >= 15 is 0 Å². The quantitative estimate of drug-likeness (QED) is 0.480. The van der Waals surface area contributed by atoms with Gasteiger partial charge < -0.3 is 14.8 Å². The number of nitrogens with zero attached hydrogens (tertiary/aromatic N) is 3. The van der Waals surface area contributed by atoms with Gasteiger partial charge in [0, 0.05) is 15.7 Å². The average molecular weight is 510 g/mol. The van der Waals surface area contributed by atoms with Gasteiger partial charge in [-0.3, -0.25) is 0 Å². The summed E-state index contributed by atoms with van der Waals surface area (Å²) in [5.74, 6) is 1.11. The maximum absolute atomic E-state index is 6.26. The molecule has 0 bridgehead atoms. The number of halogens is 2. The van der Waals surface area contributed by atoms with Crippen LogP contribution in [0, 0.1) is 0 Å². The zero-order chi connectivity index (χ0) is 19.0. The van der Waals surface area contributed by atoms with Gasteiger partial charge >= 0.3 is 0 Å². The van der Waals surface area contributed by atoms with Gasteiger partial charge in [0.15, 0.2) is 5.69 Å². The number of anilines is 1. The minimum absolute atomic E-state index is 0.426. The summed E-state index contributed by atoms with van der Waals surface area (Å²) in [4.78, 5) is 4.53. The summed E-state index contributed by atoms with van der Waals surface area (Å²) >= 11 is 8.50. The Bertz CT molecular complexity index is 1020. The number of benzene rings is 2. The molecule has 0 fully saturated rings. The Balaban J connectivity index is 1.90. The van der Waals surface area contributed by atoms with Crippen LogP contribution >= 0.6 is 43.6 Å². The molecule has 0 spiro atoms. The van der Waals surface area contributed by atoms with Crippen molar-refractivity contribution in [3.8, 4) is 22.9 Å². The third kappa shape index (κ3) is 3.51. The molecular formula is C18H14Br2N4O2S. The molecule has 0 unspecified atom stereocenters. The van der Waals surface area contributed by atoms with E-state index in [9.17, 15) is 0 Å². The number of thioether (sulfide) groups is 1. The fourth-order valence-electron chi connectivity index (χ4n) is 2.86.